The predicted octanol–water partition coefficient (Wildman–Crippen LogP) is 5.12. The van der Waals surface area contributed by atoms with Crippen LogP contribution in [0.4, 0.5) is 16.2 Å². The van der Waals surface area contributed by atoms with E-state index in [1.165, 1.54) is 6.92 Å². The maximum atomic E-state index is 12.4. The second-order valence-corrected chi connectivity index (χ2v) is 11.8. The van der Waals surface area contributed by atoms with Crippen molar-refractivity contribution in [3.05, 3.63) is 48.4 Å². The Morgan fingerprint density at radius 2 is 1.92 bits per heavy atom. The highest BCUT2D eigenvalue weighted by Crippen LogP contribution is 2.45. The van der Waals surface area contributed by atoms with Crippen LogP contribution in [0.2, 0.25) is 0 Å². The third kappa shape index (κ3) is 5.56. The summed E-state index contributed by atoms with van der Waals surface area (Å²) in [7, 11) is -3.75. The molecule has 0 bridgehead atoms. The van der Waals surface area contributed by atoms with E-state index >= 15 is 0 Å². The number of nitrogens with two attached hydrogens (primary N) is 1. The summed E-state index contributed by atoms with van der Waals surface area (Å²) >= 11 is 0. The highest BCUT2D eigenvalue weighted by molar-refractivity contribution is 7.91. The van der Waals surface area contributed by atoms with Crippen LogP contribution in [-0.4, -0.2) is 47.7 Å². The number of sulfone groups is 1. The van der Waals surface area contributed by atoms with Gasteiger partial charge in [-0.1, -0.05) is 17.2 Å². The fraction of sp³-hybridized carbons (Fsp3) is 0.370. The number of rotatable bonds is 9. The third-order valence-corrected chi connectivity index (χ3v) is 8.00. The van der Waals surface area contributed by atoms with Gasteiger partial charge in [0.15, 0.2) is 0 Å². The second kappa shape index (κ2) is 10.6. The number of aromatic nitrogens is 3. The Morgan fingerprint density at radius 1 is 1.18 bits per heavy atom. The minimum Gasteiger partial charge on any atom is -0.492 e. The van der Waals surface area contributed by atoms with E-state index in [0.29, 0.717) is 17.1 Å². The summed E-state index contributed by atoms with van der Waals surface area (Å²) in [6.45, 7) is 5.04. The molecule has 0 radical (unpaired) electrons. The molecule has 206 valence electrons. The highest BCUT2D eigenvalue weighted by Gasteiger charge is 2.27. The molecule has 2 heterocycles. The highest BCUT2D eigenvalue weighted by atomic mass is 32.2. The first-order chi connectivity index (χ1) is 18.6. The number of benzene rings is 2. The van der Waals surface area contributed by atoms with E-state index in [2.05, 4.69) is 20.1 Å². The Hall–Kier alpha value is -4.06. The normalized spacial score (nSPS) is 13.9. The first kappa shape index (κ1) is 26.5. The van der Waals surface area contributed by atoms with Crippen molar-refractivity contribution in [1.82, 2.24) is 14.8 Å². The molecule has 2 aromatic heterocycles. The van der Waals surface area contributed by atoms with Gasteiger partial charge in [0.05, 0.1) is 28.8 Å². The maximum Gasteiger partial charge on any atom is 0.411 e. The van der Waals surface area contributed by atoms with Gasteiger partial charge in [-0.2, -0.15) is 0 Å². The number of ether oxygens (including phenoxy) is 2. The van der Waals surface area contributed by atoms with E-state index in [1.807, 2.05) is 36.4 Å². The van der Waals surface area contributed by atoms with Crippen LogP contribution in [0, 0.1) is 6.92 Å². The smallest absolute Gasteiger partial charge is 0.411 e. The van der Waals surface area contributed by atoms with Crippen LogP contribution in [0.5, 0.6) is 5.75 Å². The van der Waals surface area contributed by atoms with E-state index in [9.17, 15) is 13.2 Å². The molecule has 4 aromatic rings. The van der Waals surface area contributed by atoms with Gasteiger partial charge in [-0.3, -0.25) is 5.32 Å². The number of aryl methyl sites for hydroxylation is 1. The number of carbonyl (C=O) groups is 1. The molecule has 2 aromatic carbocycles. The SMILES string of the molecule is Cc1nnc(S(=O)(=O)CCOc2ccc3c(N)c(-c4ccc(NC(=O)OC(C)C)cc4)n(C4CCC4)c3c2)o1. The third-order valence-electron chi connectivity index (χ3n) is 6.60. The molecule has 1 aliphatic rings. The minimum absolute atomic E-state index is 0.0740. The number of anilines is 2. The van der Waals surface area contributed by atoms with Crippen molar-refractivity contribution in [3.8, 4) is 17.0 Å². The van der Waals surface area contributed by atoms with Gasteiger partial charge in [-0.25, -0.2) is 13.2 Å². The largest absolute Gasteiger partial charge is 0.492 e. The van der Waals surface area contributed by atoms with Crippen molar-refractivity contribution in [2.45, 2.75) is 57.4 Å². The number of hydrogen-bond acceptors (Lipinski definition) is 9. The molecule has 5 rings (SSSR count). The molecule has 39 heavy (non-hydrogen) atoms. The molecule has 11 nitrogen and oxygen atoms in total. The molecule has 0 atom stereocenters. The van der Waals surface area contributed by atoms with Crippen LogP contribution in [0.3, 0.4) is 0 Å². The van der Waals surface area contributed by atoms with E-state index in [1.54, 1.807) is 19.9 Å². The molecule has 1 saturated carbocycles. The number of nitrogen functional groups attached to an aromatic ring is 1. The molecule has 0 saturated heterocycles. The topological polar surface area (TPSA) is 152 Å². The van der Waals surface area contributed by atoms with Gasteiger partial charge in [0.25, 0.3) is 0 Å². The quantitative estimate of drug-likeness (QED) is 0.288. The molecule has 3 N–H and O–H groups in total. The maximum absolute atomic E-state index is 12.4. The number of hydrogen-bond donors (Lipinski definition) is 2. The Bertz CT molecular complexity index is 1600. The van der Waals surface area contributed by atoms with Crippen LogP contribution in [0.1, 0.15) is 45.0 Å². The number of nitrogens with zero attached hydrogens (tertiary/aromatic N) is 3. The summed E-state index contributed by atoms with van der Waals surface area (Å²) in [5, 5.41) is 10.4. The van der Waals surface area contributed by atoms with Crippen molar-refractivity contribution in [2.24, 2.45) is 0 Å². The van der Waals surface area contributed by atoms with Crippen LogP contribution in [0.25, 0.3) is 22.2 Å². The van der Waals surface area contributed by atoms with Crippen LogP contribution in [0.15, 0.2) is 52.1 Å². The van der Waals surface area contributed by atoms with E-state index in [-0.39, 0.29) is 30.4 Å². The standard InChI is InChI=1S/C27H31N5O6S/c1-16(2)37-26(33)29-19-9-7-18(8-10-19)25-24(28)22-12-11-21(15-23(22)32(25)20-5-4-6-20)36-13-14-39(34,35)27-31-30-17(3)38-27/h7-12,15-16,20H,4-6,13-14,28H2,1-3H3,(H,29,33). The van der Waals surface area contributed by atoms with Crippen LogP contribution < -0.4 is 15.8 Å². The Kier molecular flexibility index (Phi) is 7.21. The number of carbonyl (C=O) groups excluding carboxylic acids is 1. The summed E-state index contributed by atoms with van der Waals surface area (Å²) in [4.78, 5) is 12.0. The molecule has 0 aliphatic heterocycles. The van der Waals surface area contributed by atoms with Gasteiger partial charge in [0.2, 0.25) is 15.7 Å². The summed E-state index contributed by atoms with van der Waals surface area (Å²) in [6, 6.07) is 13.3. The van der Waals surface area contributed by atoms with E-state index < -0.39 is 21.2 Å². The number of nitrogens with one attached hydrogen (secondary N) is 1. The number of amides is 1. The zero-order chi connectivity index (χ0) is 27.7. The van der Waals surface area contributed by atoms with Gasteiger partial charge >= 0.3 is 11.3 Å². The van der Waals surface area contributed by atoms with Gasteiger partial charge < -0.3 is 24.2 Å². The average Bonchev–Trinajstić information content (AvgIpc) is 3.40. The summed E-state index contributed by atoms with van der Waals surface area (Å²) in [5.74, 6) is 0.422. The Morgan fingerprint density at radius 3 is 2.54 bits per heavy atom. The molecule has 1 fully saturated rings. The fourth-order valence-corrected chi connectivity index (χ4v) is 5.45. The lowest BCUT2D eigenvalue weighted by atomic mass is 9.92. The molecule has 1 aliphatic carbocycles. The number of fused-ring (bicyclic) bond motifs is 1. The Balaban J connectivity index is 1.40. The minimum atomic E-state index is -3.75. The first-order valence-electron chi connectivity index (χ1n) is 12.8. The van der Waals surface area contributed by atoms with E-state index in [0.717, 1.165) is 41.4 Å². The summed E-state index contributed by atoms with van der Waals surface area (Å²) < 4.78 is 43.2. The zero-order valence-corrected chi connectivity index (χ0v) is 22.8. The average molecular weight is 554 g/mol. The summed E-state index contributed by atoms with van der Waals surface area (Å²) in [5.41, 5.74) is 10.7. The summed E-state index contributed by atoms with van der Waals surface area (Å²) in [6.07, 6.45) is 2.48. The molecular formula is C27H31N5O6S. The lowest BCUT2D eigenvalue weighted by molar-refractivity contribution is 0.130. The van der Waals surface area contributed by atoms with Crippen molar-refractivity contribution in [2.75, 3.05) is 23.4 Å². The fourth-order valence-electron chi connectivity index (χ4n) is 4.56. The first-order valence-corrected chi connectivity index (χ1v) is 14.4. The second-order valence-electron chi connectivity index (χ2n) is 9.81. The van der Waals surface area contributed by atoms with Gasteiger partial charge in [-0.05, 0) is 57.4 Å². The molecule has 0 spiro atoms. The van der Waals surface area contributed by atoms with Gasteiger partial charge in [-0.15, -0.1) is 5.10 Å². The van der Waals surface area contributed by atoms with Crippen molar-refractivity contribution < 1.29 is 27.1 Å². The van der Waals surface area contributed by atoms with Crippen molar-refractivity contribution in [3.63, 3.8) is 0 Å². The van der Waals surface area contributed by atoms with E-state index in [4.69, 9.17) is 19.6 Å². The monoisotopic (exact) mass is 553 g/mol. The molecule has 12 heteroatoms. The van der Waals surface area contributed by atoms with Gasteiger partial charge in [0, 0.05) is 35.7 Å². The lowest BCUT2D eigenvalue weighted by Gasteiger charge is -2.30. The molecule has 0 unspecified atom stereocenters. The predicted molar refractivity (Wildman–Crippen MR) is 146 cm³/mol. The Labute approximate surface area is 226 Å². The van der Waals surface area contributed by atoms with Crippen molar-refractivity contribution in [1.29, 1.82) is 0 Å². The molecular weight excluding hydrogens is 522 g/mol. The van der Waals surface area contributed by atoms with Crippen molar-refractivity contribution >= 4 is 38.2 Å². The lowest BCUT2D eigenvalue weighted by Crippen LogP contribution is -2.18. The molecule has 1 amide bonds. The zero-order valence-electron chi connectivity index (χ0n) is 22.0. The van der Waals surface area contributed by atoms with Crippen LogP contribution in [-0.2, 0) is 14.6 Å². The van der Waals surface area contributed by atoms with Gasteiger partial charge in [0.1, 0.15) is 12.4 Å². The van der Waals surface area contributed by atoms with Crippen LogP contribution >= 0.6 is 0 Å².